The van der Waals surface area contributed by atoms with Crippen LogP contribution in [0.4, 0.5) is 23.2 Å². The fourth-order valence-corrected chi connectivity index (χ4v) is 2.33. The highest BCUT2D eigenvalue weighted by Crippen LogP contribution is 2.24. The average Bonchev–Trinajstić information content (AvgIpc) is 2.47. The minimum Gasteiger partial charge on any atom is -0.399 e. The largest absolute Gasteiger partial charge is 0.399 e. The maximum Gasteiger partial charge on any atom is 0.319 e. The summed E-state index contributed by atoms with van der Waals surface area (Å²) in [6.07, 6.45) is -3.68. The van der Waals surface area contributed by atoms with Crippen LogP contribution in [0.25, 0.3) is 0 Å². The van der Waals surface area contributed by atoms with Crippen LogP contribution in [0.15, 0.2) is 24.3 Å². The summed E-state index contributed by atoms with van der Waals surface area (Å²) in [5.41, 5.74) is 6.49. The molecular formula is C14H17F4N3O. The van der Waals surface area contributed by atoms with Gasteiger partial charge in [0.05, 0.1) is 6.54 Å². The number of nitrogen functional groups attached to an aromatic ring is 1. The third-order valence-electron chi connectivity index (χ3n) is 3.55. The third kappa shape index (κ3) is 3.88. The van der Waals surface area contributed by atoms with Gasteiger partial charge in [0.2, 0.25) is 0 Å². The molecule has 2 N–H and O–H groups in total. The number of benzene rings is 1. The van der Waals surface area contributed by atoms with Gasteiger partial charge in [-0.3, -0.25) is 9.69 Å². The number of alkyl halides is 4. The first-order chi connectivity index (χ1) is 10.3. The number of halogens is 4. The van der Waals surface area contributed by atoms with Crippen LogP contribution in [0.1, 0.15) is 10.4 Å². The topological polar surface area (TPSA) is 49.6 Å². The second-order valence-electron chi connectivity index (χ2n) is 5.26. The summed E-state index contributed by atoms with van der Waals surface area (Å²) < 4.78 is 50.4. The van der Waals surface area contributed by atoms with Gasteiger partial charge in [-0.05, 0) is 18.2 Å². The molecular weight excluding hydrogens is 302 g/mol. The van der Waals surface area contributed by atoms with E-state index in [-0.39, 0.29) is 32.1 Å². The van der Waals surface area contributed by atoms with Crippen molar-refractivity contribution in [2.45, 2.75) is 12.3 Å². The van der Waals surface area contributed by atoms with Crippen LogP contribution < -0.4 is 5.73 Å². The van der Waals surface area contributed by atoms with Gasteiger partial charge in [-0.15, -0.1) is 0 Å². The first-order valence-electron chi connectivity index (χ1n) is 6.83. The van der Waals surface area contributed by atoms with E-state index >= 15 is 0 Å². The van der Waals surface area contributed by atoms with Crippen molar-refractivity contribution in [3.8, 4) is 0 Å². The monoisotopic (exact) mass is 319 g/mol. The quantitative estimate of drug-likeness (QED) is 0.681. The molecule has 1 aliphatic heterocycles. The van der Waals surface area contributed by atoms with Gasteiger partial charge >= 0.3 is 12.3 Å². The number of hydrogen-bond donors (Lipinski definition) is 1. The van der Waals surface area contributed by atoms with Crippen LogP contribution in [0.3, 0.4) is 0 Å². The Labute approximate surface area is 125 Å². The lowest BCUT2D eigenvalue weighted by Crippen LogP contribution is -2.52. The highest BCUT2D eigenvalue weighted by molar-refractivity contribution is 5.95. The molecule has 0 atom stereocenters. The number of anilines is 1. The molecule has 1 aromatic rings. The lowest BCUT2D eigenvalue weighted by atomic mass is 10.1. The molecule has 1 saturated heterocycles. The Kier molecular flexibility index (Phi) is 4.90. The van der Waals surface area contributed by atoms with Gasteiger partial charge in [0.15, 0.2) is 0 Å². The Hall–Kier alpha value is -1.83. The Bertz CT molecular complexity index is 531. The van der Waals surface area contributed by atoms with Gasteiger partial charge in [0, 0.05) is 37.4 Å². The normalized spacial score (nSPS) is 17.0. The molecule has 22 heavy (non-hydrogen) atoms. The zero-order chi connectivity index (χ0) is 16.3. The smallest absolute Gasteiger partial charge is 0.319 e. The Morgan fingerprint density at radius 1 is 1.23 bits per heavy atom. The van der Waals surface area contributed by atoms with Crippen molar-refractivity contribution in [1.29, 1.82) is 0 Å². The van der Waals surface area contributed by atoms with Crippen molar-refractivity contribution in [1.82, 2.24) is 9.80 Å². The Balaban J connectivity index is 1.91. The fraction of sp³-hybridized carbons (Fsp3) is 0.500. The molecule has 2 rings (SSSR count). The van der Waals surface area contributed by atoms with Crippen LogP contribution in [0.5, 0.6) is 0 Å². The van der Waals surface area contributed by atoms with Crippen molar-refractivity contribution >= 4 is 11.6 Å². The number of nitrogens with two attached hydrogens (primary N) is 1. The van der Waals surface area contributed by atoms with E-state index < -0.39 is 18.9 Å². The summed E-state index contributed by atoms with van der Waals surface area (Å²) in [5, 5.41) is 0. The van der Waals surface area contributed by atoms with Crippen LogP contribution in [0.2, 0.25) is 0 Å². The predicted octanol–water partition coefficient (Wildman–Crippen LogP) is 1.93. The number of hydrogen-bond acceptors (Lipinski definition) is 3. The highest BCUT2D eigenvalue weighted by atomic mass is 19.3. The number of piperazine rings is 1. The molecule has 8 heteroatoms. The van der Waals surface area contributed by atoms with E-state index in [2.05, 4.69) is 0 Å². The van der Waals surface area contributed by atoms with E-state index in [0.717, 1.165) is 0 Å². The second kappa shape index (κ2) is 6.51. The Morgan fingerprint density at radius 3 is 2.41 bits per heavy atom. The molecule has 0 radical (unpaired) electrons. The first kappa shape index (κ1) is 16.5. The molecule has 4 nitrogen and oxygen atoms in total. The van der Waals surface area contributed by atoms with Crippen LogP contribution in [-0.2, 0) is 0 Å². The molecule has 0 saturated carbocycles. The summed E-state index contributed by atoms with van der Waals surface area (Å²) in [6, 6.07) is 6.47. The molecule has 0 aliphatic carbocycles. The highest BCUT2D eigenvalue weighted by Gasteiger charge is 2.42. The fourth-order valence-electron chi connectivity index (χ4n) is 2.33. The third-order valence-corrected chi connectivity index (χ3v) is 3.55. The number of amides is 1. The second-order valence-corrected chi connectivity index (χ2v) is 5.26. The van der Waals surface area contributed by atoms with Gasteiger partial charge in [-0.2, -0.15) is 8.78 Å². The summed E-state index contributed by atoms with van der Waals surface area (Å²) >= 11 is 0. The van der Waals surface area contributed by atoms with Gasteiger partial charge in [0.1, 0.15) is 0 Å². The number of carbonyl (C=O) groups is 1. The molecule has 1 fully saturated rings. The van der Waals surface area contributed by atoms with E-state index in [1.54, 1.807) is 24.3 Å². The summed E-state index contributed by atoms with van der Waals surface area (Å²) in [7, 11) is 0. The SMILES string of the molecule is Nc1cccc(C(=O)N2CCN(CC(F)(F)C(F)F)CC2)c1. The molecule has 1 aromatic carbocycles. The van der Waals surface area contributed by atoms with Crippen LogP contribution >= 0.6 is 0 Å². The van der Waals surface area contributed by atoms with E-state index in [1.165, 1.54) is 9.80 Å². The summed E-state index contributed by atoms with van der Waals surface area (Å²) in [6.45, 7) is -0.294. The molecule has 1 aliphatic rings. The lowest BCUT2D eigenvalue weighted by molar-refractivity contribution is -0.144. The molecule has 0 spiro atoms. The molecule has 0 unspecified atom stereocenters. The minimum absolute atomic E-state index is 0.135. The standard InChI is InChI=1S/C14H17F4N3O/c15-13(16)14(17,18)9-20-4-6-21(7-5-20)12(22)10-2-1-3-11(19)8-10/h1-3,8,13H,4-7,9,19H2. The van der Waals surface area contributed by atoms with Crippen LogP contribution in [-0.4, -0.2) is 60.8 Å². The minimum atomic E-state index is -4.03. The summed E-state index contributed by atoms with van der Waals surface area (Å²) in [5.74, 6) is -4.27. The van der Waals surface area contributed by atoms with E-state index in [9.17, 15) is 22.4 Å². The zero-order valence-corrected chi connectivity index (χ0v) is 11.8. The number of carbonyl (C=O) groups excluding carboxylic acids is 1. The van der Waals surface area contributed by atoms with Crippen molar-refractivity contribution in [3.05, 3.63) is 29.8 Å². The van der Waals surface area contributed by atoms with Crippen molar-refractivity contribution in [2.24, 2.45) is 0 Å². The van der Waals surface area contributed by atoms with Gasteiger partial charge in [0.25, 0.3) is 5.91 Å². The lowest BCUT2D eigenvalue weighted by Gasteiger charge is -2.36. The Morgan fingerprint density at radius 2 is 1.86 bits per heavy atom. The van der Waals surface area contributed by atoms with E-state index in [4.69, 9.17) is 5.73 Å². The molecule has 122 valence electrons. The maximum atomic E-state index is 13.0. The number of rotatable bonds is 4. The molecule has 0 aromatic heterocycles. The van der Waals surface area contributed by atoms with Crippen LogP contribution in [0, 0.1) is 0 Å². The molecule has 0 bridgehead atoms. The van der Waals surface area contributed by atoms with Crippen molar-refractivity contribution in [2.75, 3.05) is 38.5 Å². The van der Waals surface area contributed by atoms with Gasteiger partial charge < -0.3 is 10.6 Å². The predicted molar refractivity (Wildman–Crippen MR) is 74.1 cm³/mol. The average molecular weight is 319 g/mol. The first-order valence-corrected chi connectivity index (χ1v) is 6.83. The van der Waals surface area contributed by atoms with Gasteiger partial charge in [-0.25, -0.2) is 8.78 Å². The zero-order valence-electron chi connectivity index (χ0n) is 11.8. The summed E-state index contributed by atoms with van der Waals surface area (Å²) in [4.78, 5) is 15.0. The number of nitrogens with zero attached hydrogens (tertiary/aromatic N) is 2. The molecule has 1 heterocycles. The molecule has 1 amide bonds. The van der Waals surface area contributed by atoms with E-state index in [0.29, 0.717) is 11.3 Å². The van der Waals surface area contributed by atoms with Gasteiger partial charge in [-0.1, -0.05) is 6.07 Å². The van der Waals surface area contributed by atoms with Crippen molar-refractivity contribution < 1.29 is 22.4 Å². The van der Waals surface area contributed by atoms with E-state index in [1.807, 2.05) is 0 Å². The van der Waals surface area contributed by atoms with Crippen molar-refractivity contribution in [3.63, 3.8) is 0 Å². The maximum absolute atomic E-state index is 13.0.